The highest BCUT2D eigenvalue weighted by molar-refractivity contribution is 5.60. The van der Waals surface area contributed by atoms with Crippen molar-refractivity contribution < 1.29 is 4.74 Å². The van der Waals surface area contributed by atoms with Crippen LogP contribution in [0, 0.1) is 0 Å². The molecule has 1 unspecified atom stereocenters. The predicted molar refractivity (Wildman–Crippen MR) is 53.6 cm³/mol. The molecule has 0 amide bonds. The molecule has 1 aliphatic rings. The fourth-order valence-corrected chi connectivity index (χ4v) is 1.37. The van der Waals surface area contributed by atoms with Crippen molar-refractivity contribution >= 4 is 6.08 Å². The molecular weight excluding hydrogens is 162 g/mol. The second-order valence-corrected chi connectivity index (χ2v) is 3.49. The van der Waals surface area contributed by atoms with Crippen molar-refractivity contribution in [1.82, 2.24) is 0 Å². The molecular formula is C11H13NO. The van der Waals surface area contributed by atoms with E-state index in [2.05, 4.69) is 6.08 Å². The van der Waals surface area contributed by atoms with Crippen molar-refractivity contribution in [2.24, 2.45) is 5.73 Å². The van der Waals surface area contributed by atoms with Crippen molar-refractivity contribution in [3.63, 3.8) is 0 Å². The van der Waals surface area contributed by atoms with Gasteiger partial charge in [-0.05, 0) is 19.1 Å². The summed E-state index contributed by atoms with van der Waals surface area (Å²) in [6.07, 6.45) is 4.07. The number of fused-ring (bicyclic) bond motifs is 1. The summed E-state index contributed by atoms with van der Waals surface area (Å²) in [5, 5.41) is 0. The maximum Gasteiger partial charge on any atom is 0.137 e. The van der Waals surface area contributed by atoms with Crippen LogP contribution < -0.4 is 10.5 Å². The monoisotopic (exact) mass is 175 g/mol. The molecule has 2 nitrogen and oxygen atoms in total. The zero-order valence-electron chi connectivity index (χ0n) is 7.66. The lowest BCUT2D eigenvalue weighted by Crippen LogP contribution is -2.39. The number of hydrogen-bond acceptors (Lipinski definition) is 2. The Morgan fingerprint density at radius 2 is 2.15 bits per heavy atom. The van der Waals surface area contributed by atoms with Crippen LogP contribution in [-0.2, 0) is 0 Å². The molecule has 0 bridgehead atoms. The average molecular weight is 175 g/mol. The van der Waals surface area contributed by atoms with Gasteiger partial charge in [0.2, 0.25) is 0 Å². The molecule has 0 aromatic heterocycles. The first-order valence-electron chi connectivity index (χ1n) is 4.41. The van der Waals surface area contributed by atoms with Gasteiger partial charge in [-0.25, -0.2) is 0 Å². The molecule has 13 heavy (non-hydrogen) atoms. The molecule has 0 spiro atoms. The Bertz CT molecular complexity index is 346. The molecule has 0 saturated heterocycles. The summed E-state index contributed by atoms with van der Waals surface area (Å²) < 4.78 is 5.76. The third kappa shape index (κ3) is 1.45. The van der Waals surface area contributed by atoms with E-state index in [-0.39, 0.29) is 5.60 Å². The molecule has 1 heterocycles. The SMILES string of the molecule is CC1(CN)C=Cc2ccccc2O1. The van der Waals surface area contributed by atoms with Crippen molar-refractivity contribution in [2.75, 3.05) is 6.54 Å². The molecule has 1 aliphatic heterocycles. The summed E-state index contributed by atoms with van der Waals surface area (Å²) in [6, 6.07) is 7.96. The number of benzene rings is 1. The first-order valence-corrected chi connectivity index (χ1v) is 4.41. The van der Waals surface area contributed by atoms with Gasteiger partial charge in [0.1, 0.15) is 11.4 Å². The first-order chi connectivity index (χ1) is 6.23. The second-order valence-electron chi connectivity index (χ2n) is 3.49. The molecule has 2 N–H and O–H groups in total. The summed E-state index contributed by atoms with van der Waals surface area (Å²) in [5.74, 6) is 0.915. The van der Waals surface area contributed by atoms with Crippen LogP contribution in [0.1, 0.15) is 12.5 Å². The molecule has 68 valence electrons. The summed E-state index contributed by atoms with van der Waals surface area (Å²) in [6.45, 7) is 2.48. The Labute approximate surface area is 78.0 Å². The van der Waals surface area contributed by atoms with Gasteiger partial charge in [0.15, 0.2) is 0 Å². The fraction of sp³-hybridized carbons (Fsp3) is 0.273. The van der Waals surface area contributed by atoms with Gasteiger partial charge >= 0.3 is 0 Å². The second kappa shape index (κ2) is 2.89. The van der Waals surface area contributed by atoms with Crippen LogP contribution in [0.5, 0.6) is 5.75 Å². The van der Waals surface area contributed by atoms with Gasteiger partial charge in [-0.2, -0.15) is 0 Å². The van der Waals surface area contributed by atoms with E-state index in [1.165, 1.54) is 0 Å². The largest absolute Gasteiger partial charge is 0.482 e. The minimum atomic E-state index is -0.339. The number of hydrogen-bond donors (Lipinski definition) is 1. The van der Waals surface area contributed by atoms with Crippen molar-refractivity contribution in [2.45, 2.75) is 12.5 Å². The Morgan fingerprint density at radius 1 is 1.38 bits per heavy atom. The summed E-state index contributed by atoms with van der Waals surface area (Å²) in [5.41, 5.74) is 6.40. The van der Waals surface area contributed by atoms with Gasteiger partial charge in [-0.3, -0.25) is 0 Å². The number of nitrogens with two attached hydrogens (primary N) is 1. The normalized spacial score (nSPS) is 25.1. The van der Waals surface area contributed by atoms with Gasteiger partial charge in [-0.1, -0.05) is 24.3 Å². The van der Waals surface area contributed by atoms with Crippen molar-refractivity contribution in [3.05, 3.63) is 35.9 Å². The van der Waals surface area contributed by atoms with E-state index in [1.54, 1.807) is 0 Å². The van der Waals surface area contributed by atoms with Crippen LogP contribution in [0.4, 0.5) is 0 Å². The van der Waals surface area contributed by atoms with Crippen molar-refractivity contribution in [3.8, 4) is 5.75 Å². The third-order valence-corrected chi connectivity index (χ3v) is 2.28. The van der Waals surface area contributed by atoms with E-state index in [0.29, 0.717) is 6.54 Å². The minimum Gasteiger partial charge on any atom is -0.482 e. The lowest BCUT2D eigenvalue weighted by molar-refractivity contribution is 0.147. The Hall–Kier alpha value is -1.28. The average Bonchev–Trinajstić information content (AvgIpc) is 2.18. The molecule has 0 fully saturated rings. The molecule has 0 aliphatic carbocycles. The standard InChI is InChI=1S/C11H13NO/c1-11(8-12)7-6-9-4-2-3-5-10(9)13-11/h2-7H,8,12H2,1H3. The van der Waals surface area contributed by atoms with E-state index in [9.17, 15) is 0 Å². The van der Waals surface area contributed by atoms with Gasteiger partial charge in [-0.15, -0.1) is 0 Å². The fourth-order valence-electron chi connectivity index (χ4n) is 1.37. The maximum atomic E-state index is 5.76. The number of ether oxygens (including phenoxy) is 1. The highest BCUT2D eigenvalue weighted by atomic mass is 16.5. The maximum absolute atomic E-state index is 5.76. The molecule has 1 aromatic rings. The summed E-state index contributed by atoms with van der Waals surface area (Å²) in [7, 11) is 0. The number of rotatable bonds is 1. The van der Waals surface area contributed by atoms with Crippen LogP contribution in [0.25, 0.3) is 6.08 Å². The third-order valence-electron chi connectivity index (χ3n) is 2.28. The van der Waals surface area contributed by atoms with Gasteiger partial charge in [0.05, 0.1) is 0 Å². The first kappa shape index (κ1) is 8.32. The topological polar surface area (TPSA) is 35.2 Å². The van der Waals surface area contributed by atoms with E-state index in [4.69, 9.17) is 10.5 Å². The van der Waals surface area contributed by atoms with Gasteiger partial charge < -0.3 is 10.5 Å². The summed E-state index contributed by atoms with van der Waals surface area (Å²) >= 11 is 0. The highest BCUT2D eigenvalue weighted by Crippen LogP contribution is 2.29. The lowest BCUT2D eigenvalue weighted by Gasteiger charge is -2.30. The van der Waals surface area contributed by atoms with Crippen LogP contribution in [0.2, 0.25) is 0 Å². The van der Waals surface area contributed by atoms with Crippen LogP contribution >= 0.6 is 0 Å². The minimum absolute atomic E-state index is 0.339. The Balaban J connectivity index is 2.39. The molecule has 2 heteroatoms. The quantitative estimate of drug-likeness (QED) is 0.706. The lowest BCUT2D eigenvalue weighted by atomic mass is 10.0. The van der Waals surface area contributed by atoms with Crippen LogP contribution in [0.3, 0.4) is 0 Å². The smallest absolute Gasteiger partial charge is 0.137 e. The molecule has 1 aromatic carbocycles. The van der Waals surface area contributed by atoms with E-state index in [1.807, 2.05) is 37.3 Å². The zero-order valence-corrected chi connectivity index (χ0v) is 7.66. The zero-order chi connectivity index (χ0) is 9.31. The van der Waals surface area contributed by atoms with Crippen LogP contribution in [-0.4, -0.2) is 12.1 Å². The predicted octanol–water partition coefficient (Wildman–Crippen LogP) is 1.81. The van der Waals surface area contributed by atoms with E-state index in [0.717, 1.165) is 11.3 Å². The molecule has 1 atom stereocenters. The van der Waals surface area contributed by atoms with E-state index < -0.39 is 0 Å². The van der Waals surface area contributed by atoms with Gasteiger partial charge in [0.25, 0.3) is 0 Å². The number of para-hydroxylation sites is 1. The molecule has 2 rings (SSSR count). The van der Waals surface area contributed by atoms with Gasteiger partial charge in [0, 0.05) is 12.1 Å². The summed E-state index contributed by atoms with van der Waals surface area (Å²) in [4.78, 5) is 0. The Morgan fingerprint density at radius 3 is 2.92 bits per heavy atom. The molecule has 0 radical (unpaired) electrons. The van der Waals surface area contributed by atoms with Crippen molar-refractivity contribution in [1.29, 1.82) is 0 Å². The molecule has 0 saturated carbocycles. The van der Waals surface area contributed by atoms with E-state index >= 15 is 0 Å². The highest BCUT2D eigenvalue weighted by Gasteiger charge is 2.24. The van der Waals surface area contributed by atoms with Crippen LogP contribution in [0.15, 0.2) is 30.3 Å². The Kier molecular flexibility index (Phi) is 1.85.